The molecule has 1 aliphatic carbocycles. The van der Waals surface area contributed by atoms with Crippen LogP contribution < -0.4 is 19.3 Å². The Morgan fingerprint density at radius 3 is 1.57 bits per heavy atom. The lowest BCUT2D eigenvalue weighted by atomic mass is 10.0. The highest BCUT2D eigenvalue weighted by Gasteiger charge is 2.33. The zero-order valence-corrected chi connectivity index (χ0v) is 33.1. The molecule has 2 aromatic heterocycles. The van der Waals surface area contributed by atoms with Gasteiger partial charge in [0.1, 0.15) is 23.0 Å². The highest BCUT2D eigenvalue weighted by atomic mass is 16.5. The first-order chi connectivity index (χ1) is 28.5. The van der Waals surface area contributed by atoms with Gasteiger partial charge in [-0.25, -0.2) is 0 Å². The van der Waals surface area contributed by atoms with E-state index in [0.717, 1.165) is 90.7 Å². The van der Waals surface area contributed by atoms with Crippen LogP contribution in [-0.4, -0.2) is 29.1 Å². The zero-order chi connectivity index (χ0) is 39.0. The number of benzene rings is 6. The second-order valence-corrected chi connectivity index (χ2v) is 15.7. The van der Waals surface area contributed by atoms with E-state index in [1.165, 1.54) is 50.0 Å². The molecule has 286 valence electrons. The Hall–Kier alpha value is -6.66. The minimum absolute atomic E-state index is 0.521. The van der Waals surface area contributed by atoms with Crippen LogP contribution in [0.15, 0.2) is 152 Å². The fourth-order valence-corrected chi connectivity index (χ4v) is 9.22. The van der Waals surface area contributed by atoms with Crippen molar-refractivity contribution in [2.24, 2.45) is 0 Å². The van der Waals surface area contributed by atoms with E-state index in [9.17, 15) is 0 Å². The normalized spacial score (nSPS) is 14.2. The molecule has 0 spiro atoms. The highest BCUT2D eigenvalue weighted by molar-refractivity contribution is 5.97. The summed E-state index contributed by atoms with van der Waals surface area (Å²) in [5.74, 6) is 3.41. The van der Waals surface area contributed by atoms with Gasteiger partial charge in [-0.1, -0.05) is 91.0 Å². The molecule has 11 rings (SSSR count). The van der Waals surface area contributed by atoms with Gasteiger partial charge >= 0.3 is 0 Å². The van der Waals surface area contributed by atoms with Gasteiger partial charge in [-0.3, -0.25) is 9.97 Å². The summed E-state index contributed by atoms with van der Waals surface area (Å²) in [7, 11) is 0. The van der Waals surface area contributed by atoms with Crippen LogP contribution in [0.1, 0.15) is 39.2 Å². The number of anilines is 2. The monoisotopic (exact) mass is 758 g/mol. The molecule has 0 unspecified atom stereocenters. The molecule has 0 bridgehead atoms. The topological polar surface area (TPSA) is 50.7 Å². The van der Waals surface area contributed by atoms with Crippen molar-refractivity contribution in [2.75, 3.05) is 22.9 Å². The predicted octanol–water partition coefficient (Wildman–Crippen LogP) is 11.8. The molecule has 6 nitrogen and oxygen atoms in total. The fraction of sp³-hybridized carbons (Fsp3) is 0.192. The van der Waals surface area contributed by atoms with E-state index in [4.69, 9.17) is 19.4 Å². The lowest BCUT2D eigenvalue weighted by Crippen LogP contribution is -2.34. The number of ether oxygens (including phenoxy) is 2. The van der Waals surface area contributed by atoms with Crippen LogP contribution >= 0.6 is 0 Å². The summed E-state index contributed by atoms with van der Waals surface area (Å²) in [6, 6.07) is 52.5. The third-order valence-electron chi connectivity index (χ3n) is 11.9. The summed E-state index contributed by atoms with van der Waals surface area (Å²) >= 11 is 0. The SMILES string of the molecule is Cc1nc2ccc(Oc3ccccc3)cc2c2c1CCN2C1Cc2ccccc2C1.Cc1nc2ccc(Oc3ccccc3)cc2c2c1CCN2Cc1ccccc1. The Bertz CT molecular complexity index is 2730. The van der Waals surface area contributed by atoms with Crippen LogP contribution in [0.5, 0.6) is 23.0 Å². The first kappa shape index (κ1) is 35.7. The number of nitrogens with zero attached hydrogens (tertiary/aromatic N) is 4. The second kappa shape index (κ2) is 15.4. The first-order valence-corrected chi connectivity index (χ1v) is 20.5. The van der Waals surface area contributed by atoms with Crippen LogP contribution in [0.3, 0.4) is 0 Å². The van der Waals surface area contributed by atoms with E-state index in [0.29, 0.717) is 6.04 Å². The smallest absolute Gasteiger partial charge is 0.128 e. The summed E-state index contributed by atoms with van der Waals surface area (Å²) in [5, 5.41) is 2.37. The number of aromatic nitrogens is 2. The van der Waals surface area contributed by atoms with Crippen LogP contribution in [0, 0.1) is 13.8 Å². The Labute approximate surface area is 340 Å². The molecule has 0 saturated carbocycles. The van der Waals surface area contributed by atoms with Gasteiger partial charge in [-0.2, -0.15) is 0 Å². The Kier molecular flexibility index (Phi) is 9.46. The van der Waals surface area contributed by atoms with E-state index in [2.05, 4.69) is 103 Å². The summed E-state index contributed by atoms with van der Waals surface area (Å²) in [6.45, 7) is 7.28. The second-order valence-electron chi connectivity index (χ2n) is 15.7. The van der Waals surface area contributed by atoms with Crippen molar-refractivity contribution in [3.05, 3.63) is 191 Å². The average molecular weight is 759 g/mol. The summed E-state index contributed by atoms with van der Waals surface area (Å²) in [5.41, 5.74) is 14.1. The van der Waals surface area contributed by atoms with E-state index in [1.807, 2.05) is 72.8 Å². The van der Waals surface area contributed by atoms with Crippen LogP contribution in [-0.2, 0) is 32.2 Å². The molecule has 4 heterocycles. The molecule has 0 N–H and O–H groups in total. The van der Waals surface area contributed by atoms with E-state index < -0.39 is 0 Å². The van der Waals surface area contributed by atoms with Gasteiger partial charge in [-0.15, -0.1) is 0 Å². The largest absolute Gasteiger partial charge is 0.457 e. The lowest BCUT2D eigenvalue weighted by Gasteiger charge is -2.28. The molecule has 58 heavy (non-hydrogen) atoms. The van der Waals surface area contributed by atoms with Gasteiger partial charge in [0.05, 0.1) is 22.4 Å². The molecule has 6 aromatic carbocycles. The van der Waals surface area contributed by atoms with Crippen molar-refractivity contribution < 1.29 is 9.47 Å². The number of fused-ring (bicyclic) bond motifs is 7. The van der Waals surface area contributed by atoms with Gasteiger partial charge in [0.15, 0.2) is 0 Å². The van der Waals surface area contributed by atoms with Crippen LogP contribution in [0.2, 0.25) is 0 Å². The zero-order valence-electron chi connectivity index (χ0n) is 33.1. The van der Waals surface area contributed by atoms with Crippen molar-refractivity contribution in [2.45, 2.75) is 52.1 Å². The number of rotatable bonds is 7. The van der Waals surface area contributed by atoms with Crippen molar-refractivity contribution >= 4 is 33.2 Å². The van der Waals surface area contributed by atoms with Gasteiger partial charge in [0.25, 0.3) is 0 Å². The van der Waals surface area contributed by atoms with E-state index in [1.54, 1.807) is 0 Å². The molecular weight excluding hydrogens is 713 g/mol. The Balaban J connectivity index is 0.000000141. The van der Waals surface area contributed by atoms with Crippen molar-refractivity contribution in [1.29, 1.82) is 0 Å². The molecule has 3 aliphatic rings. The maximum Gasteiger partial charge on any atom is 0.128 e. The molecular formula is C52H46N4O2. The summed E-state index contributed by atoms with van der Waals surface area (Å²) in [4.78, 5) is 14.9. The van der Waals surface area contributed by atoms with Crippen LogP contribution in [0.25, 0.3) is 21.8 Å². The Morgan fingerprint density at radius 1 is 0.517 bits per heavy atom. The minimum atomic E-state index is 0.521. The number of hydrogen-bond donors (Lipinski definition) is 0. The van der Waals surface area contributed by atoms with Gasteiger partial charge < -0.3 is 19.3 Å². The molecule has 2 aliphatic heterocycles. The van der Waals surface area contributed by atoms with E-state index in [-0.39, 0.29) is 0 Å². The van der Waals surface area contributed by atoms with E-state index >= 15 is 0 Å². The maximum atomic E-state index is 6.14. The molecule has 6 heteroatoms. The first-order valence-electron chi connectivity index (χ1n) is 20.5. The van der Waals surface area contributed by atoms with Gasteiger partial charge in [0.2, 0.25) is 0 Å². The number of aryl methyl sites for hydroxylation is 2. The highest BCUT2D eigenvalue weighted by Crippen LogP contribution is 2.43. The predicted molar refractivity (Wildman–Crippen MR) is 236 cm³/mol. The summed E-state index contributed by atoms with van der Waals surface area (Å²) < 4.78 is 12.2. The molecule has 8 aromatic rings. The number of pyridine rings is 2. The van der Waals surface area contributed by atoms with Gasteiger partial charge in [0, 0.05) is 47.8 Å². The molecule has 0 fully saturated rings. The number of hydrogen-bond acceptors (Lipinski definition) is 6. The maximum absolute atomic E-state index is 6.14. The third-order valence-corrected chi connectivity index (χ3v) is 11.9. The summed E-state index contributed by atoms with van der Waals surface area (Å²) in [6.07, 6.45) is 4.36. The lowest BCUT2D eigenvalue weighted by molar-refractivity contribution is 0.483. The van der Waals surface area contributed by atoms with Crippen molar-refractivity contribution in [1.82, 2.24) is 9.97 Å². The molecule has 0 amide bonds. The quantitative estimate of drug-likeness (QED) is 0.161. The minimum Gasteiger partial charge on any atom is -0.457 e. The third kappa shape index (κ3) is 7.00. The van der Waals surface area contributed by atoms with Gasteiger partial charge in [-0.05, 0) is 128 Å². The standard InChI is InChI=1S/C27H24N2O.C25H22N2O/c1-18-24-13-14-29(21-15-19-7-5-6-8-20(19)16-21)27(24)25-17-23(11-12-26(25)28-18)30-22-9-3-2-4-10-22;1-18-22-14-15-27(17-19-8-4-2-5-9-19)25(22)23-16-21(12-13-24(23)26-18)28-20-10-6-3-7-11-20/h2-12,17,21H,13-16H2,1H3;2-13,16H,14-15,17H2,1H3. The van der Waals surface area contributed by atoms with Crippen molar-refractivity contribution in [3.8, 4) is 23.0 Å². The molecule has 0 atom stereocenters. The fourth-order valence-electron chi connectivity index (χ4n) is 9.22. The Morgan fingerprint density at radius 2 is 1.00 bits per heavy atom. The average Bonchev–Trinajstić information content (AvgIpc) is 4.01. The molecule has 0 saturated heterocycles. The van der Waals surface area contributed by atoms with Crippen LogP contribution in [0.4, 0.5) is 11.4 Å². The number of para-hydroxylation sites is 2. The van der Waals surface area contributed by atoms with Crippen molar-refractivity contribution in [3.63, 3.8) is 0 Å². The molecule has 0 radical (unpaired) electrons.